The highest BCUT2D eigenvalue weighted by atomic mass is 79.9. The summed E-state index contributed by atoms with van der Waals surface area (Å²) >= 11 is 3.18. The third-order valence-electron chi connectivity index (χ3n) is 2.24. The van der Waals surface area contributed by atoms with Crippen LogP contribution in [-0.2, 0) is 5.92 Å². The Labute approximate surface area is 102 Å². The lowest BCUT2D eigenvalue weighted by Crippen LogP contribution is -2.21. The number of rotatable bonds is 5. The van der Waals surface area contributed by atoms with Gasteiger partial charge in [-0.1, -0.05) is 15.9 Å². The van der Waals surface area contributed by atoms with Crippen molar-refractivity contribution in [2.45, 2.75) is 12.3 Å². The number of hydrogen-bond acceptors (Lipinski definition) is 2. The standard InChI is InChI=1S/C11H14BrF2NO/c1-15-6-5-11(13,14)9-7-8(12)3-4-10(9)16-2/h3-4,7,15H,5-6H2,1-2H3. The summed E-state index contributed by atoms with van der Waals surface area (Å²) in [6, 6.07) is 4.61. The second-order valence-corrected chi connectivity index (χ2v) is 4.32. The van der Waals surface area contributed by atoms with Crippen LogP contribution in [0.3, 0.4) is 0 Å². The summed E-state index contributed by atoms with van der Waals surface area (Å²) in [6.45, 7) is 0.253. The minimum absolute atomic E-state index is 0.0837. The zero-order valence-corrected chi connectivity index (χ0v) is 10.8. The number of halogens is 3. The number of ether oxygens (including phenoxy) is 1. The molecule has 0 unspecified atom stereocenters. The second kappa shape index (κ2) is 5.59. The van der Waals surface area contributed by atoms with Crippen molar-refractivity contribution in [3.8, 4) is 5.75 Å². The van der Waals surface area contributed by atoms with Crippen molar-refractivity contribution in [1.82, 2.24) is 5.32 Å². The predicted molar refractivity (Wildman–Crippen MR) is 63.1 cm³/mol. The topological polar surface area (TPSA) is 21.3 Å². The highest BCUT2D eigenvalue weighted by Gasteiger charge is 2.34. The van der Waals surface area contributed by atoms with Gasteiger partial charge in [-0.25, -0.2) is 8.78 Å². The molecular weight excluding hydrogens is 280 g/mol. The zero-order chi connectivity index (χ0) is 12.2. The van der Waals surface area contributed by atoms with Crippen molar-refractivity contribution in [1.29, 1.82) is 0 Å². The largest absolute Gasteiger partial charge is 0.496 e. The average molecular weight is 294 g/mol. The molecule has 90 valence electrons. The molecule has 0 amide bonds. The second-order valence-electron chi connectivity index (χ2n) is 3.40. The van der Waals surface area contributed by atoms with E-state index >= 15 is 0 Å². The smallest absolute Gasteiger partial charge is 0.278 e. The van der Waals surface area contributed by atoms with E-state index in [2.05, 4.69) is 21.2 Å². The number of benzene rings is 1. The van der Waals surface area contributed by atoms with Crippen LogP contribution in [0.15, 0.2) is 22.7 Å². The molecule has 0 radical (unpaired) electrons. The molecule has 1 aromatic carbocycles. The summed E-state index contributed by atoms with van der Waals surface area (Å²) in [5.41, 5.74) is -0.0837. The minimum atomic E-state index is -2.89. The molecule has 2 nitrogen and oxygen atoms in total. The fraction of sp³-hybridized carbons (Fsp3) is 0.455. The van der Waals surface area contributed by atoms with E-state index in [0.717, 1.165) is 0 Å². The number of hydrogen-bond donors (Lipinski definition) is 1. The lowest BCUT2D eigenvalue weighted by atomic mass is 10.0. The highest BCUT2D eigenvalue weighted by Crippen LogP contribution is 2.38. The van der Waals surface area contributed by atoms with Crippen LogP contribution in [0.5, 0.6) is 5.75 Å². The predicted octanol–water partition coefficient (Wildman–Crippen LogP) is 3.16. The molecule has 5 heteroatoms. The van der Waals surface area contributed by atoms with E-state index in [1.807, 2.05) is 0 Å². The van der Waals surface area contributed by atoms with E-state index in [4.69, 9.17) is 4.74 Å². The molecule has 0 aliphatic carbocycles. The van der Waals surface area contributed by atoms with Crippen LogP contribution in [0, 0.1) is 0 Å². The first kappa shape index (κ1) is 13.4. The normalized spacial score (nSPS) is 11.6. The summed E-state index contributed by atoms with van der Waals surface area (Å²) < 4.78 is 33.2. The van der Waals surface area contributed by atoms with Crippen LogP contribution < -0.4 is 10.1 Å². The summed E-state index contributed by atoms with van der Waals surface area (Å²) in [7, 11) is 3.04. The monoisotopic (exact) mass is 293 g/mol. The Balaban J connectivity index is 3.04. The Bertz CT molecular complexity index is 358. The molecule has 1 aromatic rings. The van der Waals surface area contributed by atoms with Crippen LogP contribution in [0.4, 0.5) is 8.78 Å². The van der Waals surface area contributed by atoms with Gasteiger partial charge in [0.2, 0.25) is 0 Å². The lowest BCUT2D eigenvalue weighted by Gasteiger charge is -2.19. The number of methoxy groups -OCH3 is 1. The maximum atomic E-state index is 13.8. The first-order valence-corrected chi connectivity index (χ1v) is 5.67. The minimum Gasteiger partial charge on any atom is -0.496 e. The average Bonchev–Trinajstić information content (AvgIpc) is 2.26. The van der Waals surface area contributed by atoms with Gasteiger partial charge in [0.25, 0.3) is 5.92 Å². The Kier molecular flexibility index (Phi) is 4.68. The van der Waals surface area contributed by atoms with Gasteiger partial charge in [0.1, 0.15) is 5.75 Å². The maximum Gasteiger partial charge on any atom is 0.278 e. The van der Waals surface area contributed by atoms with Crippen LogP contribution in [0.25, 0.3) is 0 Å². The first-order valence-electron chi connectivity index (χ1n) is 4.87. The van der Waals surface area contributed by atoms with E-state index in [1.165, 1.54) is 19.2 Å². The Morgan fingerprint density at radius 3 is 2.69 bits per heavy atom. The van der Waals surface area contributed by atoms with Gasteiger partial charge < -0.3 is 10.1 Å². The van der Waals surface area contributed by atoms with Crippen molar-refractivity contribution in [3.63, 3.8) is 0 Å². The quantitative estimate of drug-likeness (QED) is 0.900. The van der Waals surface area contributed by atoms with Gasteiger partial charge >= 0.3 is 0 Å². The van der Waals surface area contributed by atoms with Crippen LogP contribution >= 0.6 is 15.9 Å². The zero-order valence-electron chi connectivity index (χ0n) is 9.19. The van der Waals surface area contributed by atoms with E-state index < -0.39 is 5.92 Å². The Morgan fingerprint density at radius 2 is 2.12 bits per heavy atom. The molecule has 0 saturated carbocycles. The summed E-state index contributed by atoms with van der Waals surface area (Å²) in [5, 5.41) is 2.71. The molecule has 1 N–H and O–H groups in total. The third kappa shape index (κ3) is 3.15. The van der Waals surface area contributed by atoms with E-state index in [9.17, 15) is 8.78 Å². The van der Waals surface area contributed by atoms with Gasteiger partial charge in [-0.2, -0.15) is 0 Å². The van der Waals surface area contributed by atoms with E-state index in [1.54, 1.807) is 13.1 Å². The molecule has 0 heterocycles. The molecule has 0 aromatic heterocycles. The summed E-state index contributed by atoms with van der Waals surface area (Å²) in [6.07, 6.45) is -0.254. The van der Waals surface area contributed by atoms with Crippen molar-refractivity contribution in [2.75, 3.05) is 20.7 Å². The molecule has 0 atom stereocenters. The Morgan fingerprint density at radius 1 is 1.44 bits per heavy atom. The first-order chi connectivity index (χ1) is 7.51. The molecular formula is C11H14BrF2NO. The fourth-order valence-corrected chi connectivity index (χ4v) is 1.74. The van der Waals surface area contributed by atoms with Crippen molar-refractivity contribution >= 4 is 15.9 Å². The molecule has 0 spiro atoms. The third-order valence-corrected chi connectivity index (χ3v) is 2.74. The van der Waals surface area contributed by atoms with Crippen molar-refractivity contribution in [2.24, 2.45) is 0 Å². The molecule has 0 bridgehead atoms. The fourth-order valence-electron chi connectivity index (χ4n) is 1.38. The maximum absolute atomic E-state index is 13.8. The highest BCUT2D eigenvalue weighted by molar-refractivity contribution is 9.10. The van der Waals surface area contributed by atoms with Gasteiger partial charge in [-0.05, 0) is 25.2 Å². The molecule has 1 rings (SSSR count). The van der Waals surface area contributed by atoms with Crippen molar-refractivity contribution in [3.05, 3.63) is 28.2 Å². The molecule has 0 aliphatic rings. The molecule has 0 saturated heterocycles. The molecule has 0 fully saturated rings. The van der Waals surface area contributed by atoms with Crippen LogP contribution in [0.2, 0.25) is 0 Å². The van der Waals surface area contributed by atoms with Gasteiger partial charge in [0, 0.05) is 17.4 Å². The lowest BCUT2D eigenvalue weighted by molar-refractivity contribution is -0.0144. The van der Waals surface area contributed by atoms with Crippen LogP contribution in [-0.4, -0.2) is 20.7 Å². The van der Waals surface area contributed by atoms with Gasteiger partial charge in [0.05, 0.1) is 12.7 Å². The molecule has 16 heavy (non-hydrogen) atoms. The van der Waals surface area contributed by atoms with Gasteiger partial charge in [-0.3, -0.25) is 0 Å². The van der Waals surface area contributed by atoms with Gasteiger partial charge in [-0.15, -0.1) is 0 Å². The van der Waals surface area contributed by atoms with Crippen LogP contribution in [0.1, 0.15) is 12.0 Å². The van der Waals surface area contributed by atoms with Crippen molar-refractivity contribution < 1.29 is 13.5 Å². The summed E-state index contributed by atoms with van der Waals surface area (Å²) in [4.78, 5) is 0. The van der Waals surface area contributed by atoms with E-state index in [0.29, 0.717) is 4.47 Å². The SMILES string of the molecule is CNCCC(F)(F)c1cc(Br)ccc1OC. The van der Waals surface area contributed by atoms with Gasteiger partial charge in [0.15, 0.2) is 0 Å². The molecule has 0 aliphatic heterocycles. The summed E-state index contributed by atoms with van der Waals surface area (Å²) in [5.74, 6) is -2.68. The van der Waals surface area contributed by atoms with E-state index in [-0.39, 0.29) is 24.3 Å². The Hall–Kier alpha value is -0.680. The number of alkyl halides is 2. The number of nitrogens with one attached hydrogen (secondary N) is 1.